The monoisotopic (exact) mass is 419 g/mol. The molecule has 0 bridgehead atoms. The summed E-state index contributed by atoms with van der Waals surface area (Å²) in [7, 11) is 0. The molecule has 0 saturated heterocycles. The molecule has 3 rings (SSSR count). The van der Waals surface area contributed by atoms with E-state index in [2.05, 4.69) is 9.97 Å². The molecule has 0 radical (unpaired) electrons. The standard InChI is InChI=1S/C16H7Cl2F4N3O2/c17-8-4-3-7(6-9(8)18)27-12-13(16(20,21)22)24-14(25-15(12)26)11-10(19)2-1-5-23-11/h1-6H,(H,24,25,26). The minimum absolute atomic E-state index is 0.0132. The van der Waals surface area contributed by atoms with Crippen molar-refractivity contribution in [3.63, 3.8) is 0 Å². The van der Waals surface area contributed by atoms with Gasteiger partial charge in [0.2, 0.25) is 5.75 Å². The predicted molar refractivity (Wildman–Crippen MR) is 89.6 cm³/mol. The Bertz CT molecular complexity index is 1070. The summed E-state index contributed by atoms with van der Waals surface area (Å²) in [5, 5.41) is 0.160. The number of pyridine rings is 1. The molecule has 0 aliphatic carbocycles. The number of benzene rings is 1. The van der Waals surface area contributed by atoms with Crippen molar-refractivity contribution in [2.24, 2.45) is 0 Å². The summed E-state index contributed by atoms with van der Waals surface area (Å²) in [5.41, 5.74) is -3.46. The van der Waals surface area contributed by atoms with Crippen LogP contribution in [0.2, 0.25) is 10.0 Å². The Labute approximate surface area is 158 Å². The van der Waals surface area contributed by atoms with Gasteiger partial charge in [-0.3, -0.25) is 4.79 Å². The highest BCUT2D eigenvalue weighted by atomic mass is 35.5. The lowest BCUT2D eigenvalue weighted by Gasteiger charge is -2.13. The lowest BCUT2D eigenvalue weighted by Crippen LogP contribution is -2.21. The number of ether oxygens (including phenoxy) is 1. The molecule has 0 aliphatic heterocycles. The van der Waals surface area contributed by atoms with Crippen molar-refractivity contribution in [3.8, 4) is 23.0 Å². The Balaban J connectivity index is 2.15. The smallest absolute Gasteiger partial charge is 0.437 e. The van der Waals surface area contributed by atoms with Gasteiger partial charge in [0.05, 0.1) is 10.0 Å². The largest absolute Gasteiger partial charge is 0.449 e. The van der Waals surface area contributed by atoms with E-state index in [1.165, 1.54) is 18.2 Å². The zero-order valence-corrected chi connectivity index (χ0v) is 14.5. The molecule has 0 saturated carbocycles. The van der Waals surface area contributed by atoms with E-state index in [0.717, 1.165) is 18.3 Å². The lowest BCUT2D eigenvalue weighted by atomic mass is 10.3. The zero-order valence-electron chi connectivity index (χ0n) is 12.9. The molecule has 0 unspecified atom stereocenters. The number of aromatic amines is 1. The zero-order chi connectivity index (χ0) is 19.8. The van der Waals surface area contributed by atoms with E-state index in [1.54, 1.807) is 0 Å². The van der Waals surface area contributed by atoms with Crippen LogP contribution in [0.25, 0.3) is 11.5 Å². The molecule has 11 heteroatoms. The summed E-state index contributed by atoms with van der Waals surface area (Å²) >= 11 is 11.5. The number of halogens is 6. The second-order valence-electron chi connectivity index (χ2n) is 5.10. The molecular weight excluding hydrogens is 413 g/mol. The fourth-order valence-electron chi connectivity index (χ4n) is 2.08. The highest BCUT2D eigenvalue weighted by molar-refractivity contribution is 6.42. The molecule has 5 nitrogen and oxygen atoms in total. The van der Waals surface area contributed by atoms with Crippen molar-refractivity contribution < 1.29 is 22.3 Å². The molecule has 2 heterocycles. The number of H-pyrrole nitrogens is 1. The molecule has 1 aromatic carbocycles. The Kier molecular flexibility index (Phi) is 5.07. The van der Waals surface area contributed by atoms with Crippen LogP contribution in [0.1, 0.15) is 5.69 Å². The van der Waals surface area contributed by atoms with Gasteiger partial charge in [0.25, 0.3) is 5.56 Å². The molecule has 0 fully saturated rings. The molecule has 1 N–H and O–H groups in total. The van der Waals surface area contributed by atoms with Crippen molar-refractivity contribution in [1.82, 2.24) is 15.0 Å². The quantitative estimate of drug-likeness (QED) is 0.600. The maximum atomic E-state index is 13.8. The number of hydrogen-bond acceptors (Lipinski definition) is 4. The lowest BCUT2D eigenvalue weighted by molar-refractivity contribution is -0.142. The van der Waals surface area contributed by atoms with E-state index in [-0.39, 0.29) is 15.8 Å². The van der Waals surface area contributed by atoms with Gasteiger partial charge >= 0.3 is 6.18 Å². The predicted octanol–water partition coefficient (Wildman–Crippen LogP) is 5.09. The maximum absolute atomic E-state index is 13.8. The van der Waals surface area contributed by atoms with E-state index in [0.29, 0.717) is 0 Å². The fourth-order valence-corrected chi connectivity index (χ4v) is 2.37. The van der Waals surface area contributed by atoms with Crippen molar-refractivity contribution in [2.75, 3.05) is 0 Å². The Morgan fingerprint density at radius 1 is 1.11 bits per heavy atom. The number of aromatic nitrogens is 3. The number of nitrogens with zero attached hydrogens (tertiary/aromatic N) is 2. The summed E-state index contributed by atoms with van der Waals surface area (Å²) in [6.45, 7) is 0. The SMILES string of the molecule is O=c1[nH]c(-c2ncccc2F)nc(C(F)(F)F)c1Oc1ccc(Cl)c(Cl)c1. The van der Waals surface area contributed by atoms with Gasteiger partial charge < -0.3 is 9.72 Å². The van der Waals surface area contributed by atoms with Crippen LogP contribution in [0, 0.1) is 5.82 Å². The first kappa shape index (κ1) is 19.1. The molecule has 2 aromatic heterocycles. The van der Waals surface area contributed by atoms with E-state index in [9.17, 15) is 22.4 Å². The highest BCUT2D eigenvalue weighted by Gasteiger charge is 2.39. The van der Waals surface area contributed by atoms with Crippen LogP contribution in [-0.4, -0.2) is 15.0 Å². The molecule has 0 amide bonds. The average molecular weight is 420 g/mol. The second-order valence-corrected chi connectivity index (χ2v) is 5.92. The third kappa shape index (κ3) is 4.04. The minimum Gasteiger partial charge on any atom is -0.449 e. The van der Waals surface area contributed by atoms with Crippen molar-refractivity contribution >= 4 is 23.2 Å². The van der Waals surface area contributed by atoms with Gasteiger partial charge in [-0.2, -0.15) is 13.2 Å². The number of nitrogens with one attached hydrogen (secondary N) is 1. The molecule has 27 heavy (non-hydrogen) atoms. The van der Waals surface area contributed by atoms with Gasteiger partial charge in [-0.25, -0.2) is 14.4 Å². The number of rotatable bonds is 3. The topological polar surface area (TPSA) is 67.9 Å². The van der Waals surface area contributed by atoms with E-state index in [4.69, 9.17) is 27.9 Å². The van der Waals surface area contributed by atoms with E-state index >= 15 is 0 Å². The van der Waals surface area contributed by atoms with Crippen molar-refractivity contribution in [3.05, 3.63) is 68.4 Å². The minimum atomic E-state index is -5.06. The van der Waals surface area contributed by atoms with Crippen LogP contribution in [-0.2, 0) is 6.18 Å². The van der Waals surface area contributed by atoms with E-state index < -0.39 is 40.5 Å². The number of alkyl halides is 3. The van der Waals surface area contributed by atoms with Crippen LogP contribution in [0.15, 0.2) is 41.3 Å². The third-order valence-electron chi connectivity index (χ3n) is 3.24. The first-order valence-electron chi connectivity index (χ1n) is 7.12. The van der Waals surface area contributed by atoms with Crippen LogP contribution in [0.5, 0.6) is 11.5 Å². The fraction of sp³-hybridized carbons (Fsp3) is 0.0625. The first-order valence-corrected chi connectivity index (χ1v) is 7.87. The van der Waals surface area contributed by atoms with Gasteiger partial charge in [0.15, 0.2) is 17.3 Å². The summed E-state index contributed by atoms with van der Waals surface area (Å²) < 4.78 is 59.1. The normalized spacial score (nSPS) is 11.5. The number of hydrogen-bond donors (Lipinski definition) is 1. The van der Waals surface area contributed by atoms with Crippen LogP contribution in [0.3, 0.4) is 0 Å². The average Bonchev–Trinajstić information content (AvgIpc) is 2.59. The molecule has 0 spiro atoms. The maximum Gasteiger partial charge on any atom is 0.437 e. The third-order valence-corrected chi connectivity index (χ3v) is 3.98. The van der Waals surface area contributed by atoms with Crippen molar-refractivity contribution in [1.29, 1.82) is 0 Å². The van der Waals surface area contributed by atoms with E-state index in [1.807, 2.05) is 4.98 Å². The Morgan fingerprint density at radius 2 is 1.85 bits per heavy atom. The molecule has 140 valence electrons. The Morgan fingerprint density at radius 3 is 2.48 bits per heavy atom. The first-order chi connectivity index (χ1) is 12.7. The van der Waals surface area contributed by atoms with Gasteiger partial charge in [-0.05, 0) is 24.3 Å². The Hall–Kier alpha value is -2.65. The summed E-state index contributed by atoms with van der Waals surface area (Å²) in [6, 6.07) is 5.85. The molecular formula is C16H7Cl2F4N3O2. The second kappa shape index (κ2) is 7.16. The van der Waals surface area contributed by atoms with Gasteiger partial charge in [0.1, 0.15) is 11.4 Å². The molecule has 0 atom stereocenters. The van der Waals surface area contributed by atoms with Crippen LogP contribution in [0.4, 0.5) is 17.6 Å². The molecule has 3 aromatic rings. The summed E-state index contributed by atoms with van der Waals surface area (Å²) in [4.78, 5) is 21.2. The molecule has 0 aliphatic rings. The summed E-state index contributed by atoms with van der Waals surface area (Å²) in [5.74, 6) is -2.93. The van der Waals surface area contributed by atoms with Crippen molar-refractivity contribution in [2.45, 2.75) is 6.18 Å². The highest BCUT2D eigenvalue weighted by Crippen LogP contribution is 2.36. The van der Waals surface area contributed by atoms with Gasteiger partial charge in [0, 0.05) is 12.3 Å². The van der Waals surface area contributed by atoms with Crippen LogP contribution >= 0.6 is 23.2 Å². The van der Waals surface area contributed by atoms with Crippen LogP contribution < -0.4 is 10.3 Å². The van der Waals surface area contributed by atoms with Gasteiger partial charge in [-0.1, -0.05) is 23.2 Å². The summed E-state index contributed by atoms with van der Waals surface area (Å²) in [6.07, 6.45) is -3.91. The van der Waals surface area contributed by atoms with Gasteiger partial charge in [-0.15, -0.1) is 0 Å².